The SMILES string of the molecule is FC(F)(F)Cc1cc2ccc1CCc1ccc(cc1)CC2. The number of hydrogen-bond donors (Lipinski definition) is 0. The Balaban J connectivity index is 1.95. The lowest BCUT2D eigenvalue weighted by molar-refractivity contribution is -0.127. The zero-order valence-electron chi connectivity index (χ0n) is 11.7. The molecule has 4 aliphatic carbocycles. The molecule has 2 aromatic carbocycles. The molecule has 0 aliphatic heterocycles. The first-order valence-corrected chi connectivity index (χ1v) is 7.25. The number of aryl methyl sites for hydroxylation is 4. The monoisotopic (exact) mass is 290 g/mol. The lowest BCUT2D eigenvalue weighted by Crippen LogP contribution is -2.14. The van der Waals surface area contributed by atoms with Gasteiger partial charge < -0.3 is 0 Å². The van der Waals surface area contributed by atoms with E-state index in [9.17, 15) is 13.2 Å². The summed E-state index contributed by atoms with van der Waals surface area (Å²) in [5, 5.41) is 0. The number of alkyl halides is 3. The molecule has 2 aromatic rings. The quantitative estimate of drug-likeness (QED) is 0.715. The Morgan fingerprint density at radius 2 is 1.24 bits per heavy atom. The van der Waals surface area contributed by atoms with Crippen molar-refractivity contribution in [1.82, 2.24) is 0 Å². The third-order valence-corrected chi connectivity index (χ3v) is 4.07. The van der Waals surface area contributed by atoms with Gasteiger partial charge in [0.1, 0.15) is 0 Å². The van der Waals surface area contributed by atoms with Crippen molar-refractivity contribution in [2.45, 2.75) is 38.3 Å². The van der Waals surface area contributed by atoms with E-state index in [1.54, 1.807) is 6.07 Å². The smallest absolute Gasteiger partial charge is 0.171 e. The molecule has 3 heteroatoms. The van der Waals surface area contributed by atoms with E-state index >= 15 is 0 Å². The minimum absolute atomic E-state index is 0.440. The van der Waals surface area contributed by atoms with Crippen LogP contribution in [0, 0.1) is 0 Å². The first kappa shape index (κ1) is 14.2. The average molecular weight is 290 g/mol. The highest BCUT2D eigenvalue weighted by Crippen LogP contribution is 2.26. The second-order valence-electron chi connectivity index (χ2n) is 5.71. The van der Waals surface area contributed by atoms with Gasteiger partial charge in [-0.3, -0.25) is 0 Å². The van der Waals surface area contributed by atoms with Crippen molar-refractivity contribution in [3.8, 4) is 0 Å². The second-order valence-corrected chi connectivity index (χ2v) is 5.71. The molecule has 0 spiro atoms. The standard InChI is InChI=1S/C18H17F3/c19-18(20,21)12-17-11-15-6-5-13-1-3-14(4-2-13)7-9-16(17)10-8-15/h1-4,8,10-11H,5-7,9,12H2. The molecular weight excluding hydrogens is 273 g/mol. The van der Waals surface area contributed by atoms with Crippen molar-refractivity contribution in [2.75, 3.05) is 0 Å². The predicted octanol–water partition coefficient (Wildman–Crippen LogP) is 4.68. The number of halogens is 3. The maximum absolute atomic E-state index is 12.8. The Kier molecular flexibility index (Phi) is 3.75. The maximum atomic E-state index is 12.8. The van der Waals surface area contributed by atoms with Gasteiger partial charge in [-0.2, -0.15) is 13.2 Å². The molecule has 0 atom stereocenters. The highest BCUT2D eigenvalue weighted by Gasteiger charge is 2.28. The Labute approximate surface area is 122 Å². The molecule has 0 radical (unpaired) electrons. The van der Waals surface area contributed by atoms with Gasteiger partial charge in [0, 0.05) is 0 Å². The largest absolute Gasteiger partial charge is 0.393 e. The summed E-state index contributed by atoms with van der Waals surface area (Å²) in [5.41, 5.74) is 4.67. The second kappa shape index (κ2) is 5.55. The van der Waals surface area contributed by atoms with Gasteiger partial charge in [0.15, 0.2) is 0 Å². The number of benzene rings is 2. The highest BCUT2D eigenvalue weighted by molar-refractivity contribution is 5.35. The van der Waals surface area contributed by atoms with Gasteiger partial charge in [-0.1, -0.05) is 42.5 Å². The topological polar surface area (TPSA) is 0 Å². The van der Waals surface area contributed by atoms with E-state index in [0.717, 1.165) is 30.4 Å². The van der Waals surface area contributed by atoms with Crippen LogP contribution in [-0.2, 0) is 32.1 Å². The normalized spacial score (nSPS) is 14.8. The van der Waals surface area contributed by atoms with E-state index in [0.29, 0.717) is 12.0 Å². The van der Waals surface area contributed by atoms with Crippen molar-refractivity contribution in [2.24, 2.45) is 0 Å². The van der Waals surface area contributed by atoms with E-state index in [1.807, 2.05) is 12.1 Å². The fraction of sp³-hybridized carbons (Fsp3) is 0.333. The van der Waals surface area contributed by atoms with Crippen molar-refractivity contribution >= 4 is 0 Å². The molecule has 0 heterocycles. The van der Waals surface area contributed by atoms with Crippen LogP contribution in [0.5, 0.6) is 0 Å². The number of hydrogen-bond acceptors (Lipinski definition) is 0. The van der Waals surface area contributed by atoms with Gasteiger partial charge in [0.05, 0.1) is 6.42 Å². The van der Waals surface area contributed by atoms with Gasteiger partial charge in [0.25, 0.3) is 0 Å². The predicted molar refractivity (Wildman–Crippen MR) is 77.5 cm³/mol. The third kappa shape index (κ3) is 3.66. The highest BCUT2D eigenvalue weighted by atomic mass is 19.4. The van der Waals surface area contributed by atoms with E-state index < -0.39 is 12.6 Å². The summed E-state index contributed by atoms with van der Waals surface area (Å²) < 4.78 is 38.3. The molecule has 0 N–H and O–H groups in total. The Hall–Kier alpha value is -1.77. The van der Waals surface area contributed by atoms with Gasteiger partial charge in [-0.25, -0.2) is 0 Å². The van der Waals surface area contributed by atoms with Crippen LogP contribution in [0.2, 0.25) is 0 Å². The van der Waals surface area contributed by atoms with Crippen LogP contribution in [0.3, 0.4) is 0 Å². The molecular formula is C18H17F3. The molecule has 4 aliphatic rings. The fourth-order valence-corrected chi connectivity index (χ4v) is 2.90. The summed E-state index contributed by atoms with van der Waals surface area (Å²) >= 11 is 0. The molecule has 0 aromatic heterocycles. The molecule has 0 saturated heterocycles. The van der Waals surface area contributed by atoms with Crippen molar-refractivity contribution in [3.05, 3.63) is 70.3 Å². The molecule has 0 saturated carbocycles. The van der Waals surface area contributed by atoms with E-state index in [4.69, 9.17) is 0 Å². The summed E-state index contributed by atoms with van der Waals surface area (Å²) in [6.07, 6.45) is -1.88. The first-order valence-electron chi connectivity index (χ1n) is 7.25. The lowest BCUT2D eigenvalue weighted by atomic mass is 9.92. The molecule has 0 amide bonds. The zero-order chi connectivity index (χ0) is 14.9. The molecule has 21 heavy (non-hydrogen) atoms. The summed E-state index contributed by atoms with van der Waals surface area (Å²) in [6, 6.07) is 14.0. The summed E-state index contributed by atoms with van der Waals surface area (Å²) in [6.45, 7) is 0. The van der Waals surface area contributed by atoms with Crippen LogP contribution in [0.15, 0.2) is 42.5 Å². The van der Waals surface area contributed by atoms with E-state index in [1.165, 1.54) is 11.1 Å². The zero-order valence-corrected chi connectivity index (χ0v) is 11.7. The molecule has 0 fully saturated rings. The minimum Gasteiger partial charge on any atom is -0.171 e. The molecule has 4 bridgehead atoms. The van der Waals surface area contributed by atoms with E-state index in [2.05, 4.69) is 24.3 Å². The minimum atomic E-state index is -4.15. The first-order chi connectivity index (χ1) is 9.99. The molecule has 0 nitrogen and oxygen atoms in total. The molecule has 0 unspecified atom stereocenters. The van der Waals surface area contributed by atoms with Gasteiger partial charge in [-0.15, -0.1) is 0 Å². The van der Waals surface area contributed by atoms with Crippen molar-refractivity contribution in [3.63, 3.8) is 0 Å². The van der Waals surface area contributed by atoms with Crippen LogP contribution < -0.4 is 0 Å². The molecule has 6 rings (SSSR count). The summed E-state index contributed by atoms with van der Waals surface area (Å²) in [5.74, 6) is 0. The van der Waals surface area contributed by atoms with Gasteiger partial charge >= 0.3 is 6.18 Å². The lowest BCUT2D eigenvalue weighted by Gasteiger charge is -2.15. The van der Waals surface area contributed by atoms with E-state index in [-0.39, 0.29) is 0 Å². The van der Waals surface area contributed by atoms with Crippen molar-refractivity contribution in [1.29, 1.82) is 0 Å². The van der Waals surface area contributed by atoms with Crippen LogP contribution in [0.25, 0.3) is 0 Å². The maximum Gasteiger partial charge on any atom is 0.393 e. The van der Waals surface area contributed by atoms with Crippen LogP contribution >= 0.6 is 0 Å². The third-order valence-electron chi connectivity index (χ3n) is 4.07. The fourth-order valence-electron chi connectivity index (χ4n) is 2.90. The average Bonchev–Trinajstić information content (AvgIpc) is 2.41. The van der Waals surface area contributed by atoms with Crippen molar-refractivity contribution < 1.29 is 13.2 Å². The van der Waals surface area contributed by atoms with Gasteiger partial charge in [-0.05, 0) is 53.5 Å². The van der Waals surface area contributed by atoms with Crippen LogP contribution in [-0.4, -0.2) is 6.18 Å². The molecule has 110 valence electrons. The Morgan fingerprint density at radius 3 is 1.86 bits per heavy atom. The van der Waals surface area contributed by atoms with Crippen LogP contribution in [0.1, 0.15) is 27.8 Å². The Morgan fingerprint density at radius 1 is 0.714 bits per heavy atom. The van der Waals surface area contributed by atoms with Crippen LogP contribution in [0.4, 0.5) is 13.2 Å². The summed E-state index contributed by atoms with van der Waals surface area (Å²) in [7, 11) is 0. The van der Waals surface area contributed by atoms with Gasteiger partial charge in [0.2, 0.25) is 0 Å². The summed E-state index contributed by atoms with van der Waals surface area (Å²) in [4.78, 5) is 0. The number of rotatable bonds is 1. The Bertz CT molecular complexity index is 624.